The smallest absolute Gasteiger partial charge is 0.234 e. The second-order valence-electron chi connectivity index (χ2n) is 3.25. The second kappa shape index (κ2) is 6.50. The van der Waals surface area contributed by atoms with Crippen molar-refractivity contribution in [1.82, 2.24) is 5.32 Å². The first kappa shape index (κ1) is 12.0. The first-order valence-electron chi connectivity index (χ1n) is 4.52. The third-order valence-corrected chi connectivity index (χ3v) is 1.76. The minimum atomic E-state index is -0.292. The Labute approximate surface area is 80.1 Å². The number of primary amides is 1. The summed E-state index contributed by atoms with van der Waals surface area (Å²) >= 11 is 0. The molecule has 0 aliphatic rings. The van der Waals surface area contributed by atoms with E-state index in [0.717, 1.165) is 6.42 Å². The van der Waals surface area contributed by atoms with Crippen molar-refractivity contribution < 1.29 is 4.79 Å². The standard InChI is InChI=1S/C10H18N2O/c1-4-5-6-7-12-9(8(2)3)10(11)13/h8-9,12H,6-7H2,1-3H3,(H2,11,13). The lowest BCUT2D eigenvalue weighted by molar-refractivity contribution is -0.120. The number of hydrogen-bond acceptors (Lipinski definition) is 2. The molecule has 13 heavy (non-hydrogen) atoms. The Bertz CT molecular complexity index is 213. The van der Waals surface area contributed by atoms with Crippen LogP contribution in [0.15, 0.2) is 0 Å². The topological polar surface area (TPSA) is 55.1 Å². The first-order valence-corrected chi connectivity index (χ1v) is 4.52. The van der Waals surface area contributed by atoms with Crippen LogP contribution in [0.5, 0.6) is 0 Å². The van der Waals surface area contributed by atoms with Gasteiger partial charge in [-0.1, -0.05) is 13.8 Å². The lowest BCUT2D eigenvalue weighted by Gasteiger charge is -2.17. The van der Waals surface area contributed by atoms with Gasteiger partial charge in [0.05, 0.1) is 6.04 Å². The van der Waals surface area contributed by atoms with Gasteiger partial charge in [-0.05, 0) is 12.8 Å². The van der Waals surface area contributed by atoms with E-state index in [4.69, 9.17) is 5.73 Å². The molecular weight excluding hydrogens is 164 g/mol. The molecule has 3 N–H and O–H groups in total. The summed E-state index contributed by atoms with van der Waals surface area (Å²) in [5, 5.41) is 3.08. The van der Waals surface area contributed by atoms with E-state index in [-0.39, 0.29) is 17.9 Å². The van der Waals surface area contributed by atoms with E-state index in [9.17, 15) is 4.79 Å². The van der Waals surface area contributed by atoms with E-state index in [0.29, 0.717) is 6.54 Å². The van der Waals surface area contributed by atoms with Gasteiger partial charge in [0.1, 0.15) is 0 Å². The Kier molecular flexibility index (Phi) is 5.99. The molecule has 0 bridgehead atoms. The average molecular weight is 182 g/mol. The Balaban J connectivity index is 3.81. The highest BCUT2D eigenvalue weighted by Crippen LogP contribution is 1.99. The molecule has 3 nitrogen and oxygen atoms in total. The number of rotatable bonds is 5. The van der Waals surface area contributed by atoms with Gasteiger partial charge in [0, 0.05) is 13.0 Å². The SMILES string of the molecule is CC#CCCNC(C(N)=O)C(C)C. The molecule has 1 atom stereocenters. The zero-order chi connectivity index (χ0) is 10.3. The average Bonchev–Trinajstić information content (AvgIpc) is 2.02. The van der Waals surface area contributed by atoms with E-state index in [1.54, 1.807) is 6.92 Å². The summed E-state index contributed by atoms with van der Waals surface area (Å²) in [4.78, 5) is 10.9. The molecule has 0 aromatic heterocycles. The Morgan fingerprint density at radius 2 is 2.15 bits per heavy atom. The van der Waals surface area contributed by atoms with Crippen LogP contribution in [-0.2, 0) is 4.79 Å². The van der Waals surface area contributed by atoms with Gasteiger partial charge in [-0.15, -0.1) is 11.8 Å². The van der Waals surface area contributed by atoms with Crippen LogP contribution >= 0.6 is 0 Å². The molecule has 0 aromatic carbocycles. The van der Waals surface area contributed by atoms with Gasteiger partial charge in [0.15, 0.2) is 0 Å². The monoisotopic (exact) mass is 182 g/mol. The molecule has 0 radical (unpaired) electrons. The lowest BCUT2D eigenvalue weighted by atomic mass is 10.0. The maximum Gasteiger partial charge on any atom is 0.234 e. The first-order chi connectivity index (χ1) is 6.09. The van der Waals surface area contributed by atoms with Crippen molar-refractivity contribution in [2.24, 2.45) is 11.7 Å². The molecule has 1 unspecified atom stereocenters. The molecule has 0 aliphatic carbocycles. The molecule has 1 amide bonds. The highest BCUT2D eigenvalue weighted by Gasteiger charge is 2.17. The fraction of sp³-hybridized carbons (Fsp3) is 0.700. The minimum Gasteiger partial charge on any atom is -0.368 e. The number of amides is 1. The predicted octanol–water partition coefficient (Wildman–Crippen LogP) is 0.499. The van der Waals surface area contributed by atoms with E-state index in [1.165, 1.54) is 0 Å². The van der Waals surface area contributed by atoms with Crippen molar-refractivity contribution in [3.8, 4) is 11.8 Å². The van der Waals surface area contributed by atoms with Crippen molar-refractivity contribution >= 4 is 5.91 Å². The van der Waals surface area contributed by atoms with Crippen LogP contribution in [0.1, 0.15) is 27.2 Å². The summed E-state index contributed by atoms with van der Waals surface area (Å²) < 4.78 is 0. The zero-order valence-electron chi connectivity index (χ0n) is 8.55. The summed E-state index contributed by atoms with van der Waals surface area (Å²) in [6.07, 6.45) is 0.757. The maximum atomic E-state index is 10.9. The van der Waals surface area contributed by atoms with Crippen LogP contribution < -0.4 is 11.1 Å². The summed E-state index contributed by atoms with van der Waals surface area (Å²) in [6.45, 7) is 6.45. The summed E-state index contributed by atoms with van der Waals surface area (Å²) in [6, 6.07) is -0.237. The van der Waals surface area contributed by atoms with Crippen molar-refractivity contribution in [3.63, 3.8) is 0 Å². The van der Waals surface area contributed by atoms with Crippen molar-refractivity contribution in [2.45, 2.75) is 33.2 Å². The molecule has 0 aromatic rings. The quantitative estimate of drug-likeness (QED) is 0.480. The van der Waals surface area contributed by atoms with Crippen molar-refractivity contribution in [1.29, 1.82) is 0 Å². The van der Waals surface area contributed by atoms with E-state index < -0.39 is 0 Å². The Morgan fingerprint density at radius 1 is 1.54 bits per heavy atom. The Morgan fingerprint density at radius 3 is 2.54 bits per heavy atom. The van der Waals surface area contributed by atoms with E-state index in [1.807, 2.05) is 13.8 Å². The molecule has 74 valence electrons. The molecule has 0 heterocycles. The van der Waals surface area contributed by atoms with Gasteiger partial charge in [-0.25, -0.2) is 0 Å². The fourth-order valence-electron chi connectivity index (χ4n) is 1.08. The van der Waals surface area contributed by atoms with Crippen LogP contribution in [0, 0.1) is 17.8 Å². The van der Waals surface area contributed by atoms with Gasteiger partial charge < -0.3 is 11.1 Å². The van der Waals surface area contributed by atoms with Gasteiger partial charge in [0.25, 0.3) is 0 Å². The molecule has 0 saturated heterocycles. The van der Waals surface area contributed by atoms with Crippen LogP contribution in [0.4, 0.5) is 0 Å². The van der Waals surface area contributed by atoms with Crippen LogP contribution in [0.2, 0.25) is 0 Å². The maximum absolute atomic E-state index is 10.9. The number of carbonyl (C=O) groups excluding carboxylic acids is 1. The lowest BCUT2D eigenvalue weighted by Crippen LogP contribution is -2.45. The molecule has 0 spiro atoms. The normalized spacial score (nSPS) is 12.0. The zero-order valence-corrected chi connectivity index (χ0v) is 8.55. The predicted molar refractivity (Wildman–Crippen MR) is 53.9 cm³/mol. The van der Waals surface area contributed by atoms with Crippen molar-refractivity contribution in [3.05, 3.63) is 0 Å². The summed E-state index contributed by atoms with van der Waals surface area (Å²) in [5.74, 6) is 5.65. The molecular formula is C10H18N2O. The summed E-state index contributed by atoms with van der Waals surface area (Å²) in [7, 11) is 0. The minimum absolute atomic E-state index is 0.229. The number of nitrogens with two attached hydrogens (primary N) is 1. The third kappa shape index (κ3) is 5.26. The van der Waals surface area contributed by atoms with E-state index >= 15 is 0 Å². The molecule has 0 rings (SSSR count). The molecule has 0 fully saturated rings. The molecule has 0 aliphatic heterocycles. The van der Waals surface area contributed by atoms with Gasteiger partial charge >= 0.3 is 0 Å². The van der Waals surface area contributed by atoms with E-state index in [2.05, 4.69) is 17.2 Å². The second-order valence-corrected chi connectivity index (χ2v) is 3.25. The van der Waals surface area contributed by atoms with Crippen molar-refractivity contribution in [2.75, 3.05) is 6.54 Å². The summed E-state index contributed by atoms with van der Waals surface area (Å²) in [5.41, 5.74) is 5.21. The Hall–Kier alpha value is -1.01. The number of hydrogen-bond donors (Lipinski definition) is 2. The third-order valence-electron chi connectivity index (χ3n) is 1.76. The highest BCUT2D eigenvalue weighted by molar-refractivity contribution is 5.80. The largest absolute Gasteiger partial charge is 0.368 e. The van der Waals surface area contributed by atoms with Gasteiger partial charge in [-0.3, -0.25) is 4.79 Å². The molecule has 0 saturated carbocycles. The van der Waals surface area contributed by atoms with Crippen LogP contribution in [0.3, 0.4) is 0 Å². The van der Waals surface area contributed by atoms with Gasteiger partial charge in [0.2, 0.25) is 5.91 Å². The van der Waals surface area contributed by atoms with Crippen LogP contribution in [-0.4, -0.2) is 18.5 Å². The number of nitrogens with one attached hydrogen (secondary N) is 1. The highest BCUT2D eigenvalue weighted by atomic mass is 16.1. The fourth-order valence-corrected chi connectivity index (χ4v) is 1.08. The van der Waals surface area contributed by atoms with Crippen LogP contribution in [0.25, 0.3) is 0 Å². The number of carbonyl (C=O) groups is 1. The van der Waals surface area contributed by atoms with Gasteiger partial charge in [-0.2, -0.15) is 0 Å². The molecule has 3 heteroatoms.